The molecule has 2 heterocycles. The van der Waals surface area contributed by atoms with Crippen LogP contribution in [0.1, 0.15) is 4.11 Å². The lowest BCUT2D eigenvalue weighted by molar-refractivity contribution is -0.382. The summed E-state index contributed by atoms with van der Waals surface area (Å²) in [6.07, 6.45) is -0.166. The van der Waals surface area contributed by atoms with Gasteiger partial charge in [0.05, 0.1) is 0 Å². The van der Waals surface area contributed by atoms with Gasteiger partial charge in [0.1, 0.15) is 15.2 Å². The first-order valence-corrected chi connectivity index (χ1v) is 2.39. The van der Waals surface area contributed by atoms with Crippen LogP contribution in [0, 0.1) is 0 Å². The molecule has 2 rings (SSSR count). The van der Waals surface area contributed by atoms with E-state index >= 15 is 0 Å². The molecule has 0 unspecified atom stereocenters. The number of fused-ring (bicyclic) bond motifs is 1. The number of aromatic amines is 2. The normalized spacial score (nSPS) is 14.9. The van der Waals surface area contributed by atoms with Crippen LogP contribution in [0.15, 0.2) is 18.8 Å². The SMILES string of the molecule is [3H]c1nc2[nH]c([3H])[nH+]c([3H])c-2n1. The van der Waals surface area contributed by atoms with Gasteiger partial charge in [0.15, 0.2) is 7.06 Å². The molecule has 0 aliphatic carbocycles. The lowest BCUT2D eigenvalue weighted by Gasteiger charge is -1.82. The Bertz CT molecular complexity index is 398. The fourth-order valence-electron chi connectivity index (χ4n) is 0.586. The van der Waals surface area contributed by atoms with E-state index in [0.717, 1.165) is 0 Å². The Labute approximate surface area is 55.6 Å². The average Bonchev–Trinajstić information content (AvgIpc) is 2.29. The second-order valence-electron chi connectivity index (χ2n) is 1.52. The minimum absolute atomic E-state index is 0.000231. The van der Waals surface area contributed by atoms with Crippen molar-refractivity contribution < 1.29 is 9.10 Å². The summed E-state index contributed by atoms with van der Waals surface area (Å²) >= 11 is 0. The minimum Gasteiger partial charge on any atom is -0.251 e. The lowest BCUT2D eigenvalue weighted by Crippen LogP contribution is -2.02. The number of imidazole rings is 1. The maximum atomic E-state index is 7.34. The van der Waals surface area contributed by atoms with Crippen LogP contribution in [0.4, 0.5) is 0 Å². The number of nitrogens with one attached hydrogen (secondary N) is 2. The predicted molar refractivity (Wildman–Crippen MR) is 29.6 cm³/mol. The van der Waals surface area contributed by atoms with Crippen molar-refractivity contribution in [1.82, 2.24) is 15.0 Å². The third kappa shape index (κ3) is 0.561. The Balaban J connectivity index is 2.79. The van der Waals surface area contributed by atoms with Crippen molar-refractivity contribution in [3.05, 3.63) is 18.8 Å². The highest BCUT2D eigenvalue weighted by Gasteiger charge is 2.06. The average molecular weight is 127 g/mol. The van der Waals surface area contributed by atoms with E-state index in [1.54, 1.807) is 0 Å². The summed E-state index contributed by atoms with van der Waals surface area (Å²) in [6, 6.07) is 0. The largest absolute Gasteiger partial charge is 0.251 e. The van der Waals surface area contributed by atoms with Crippen molar-refractivity contribution >= 4 is 0 Å². The third-order valence-corrected chi connectivity index (χ3v) is 0.972. The number of hydrogen-bond donors (Lipinski definition) is 1. The Morgan fingerprint density at radius 2 is 2.67 bits per heavy atom. The molecule has 2 aliphatic rings. The summed E-state index contributed by atoms with van der Waals surface area (Å²) in [5, 5.41) is 0. The fraction of sp³-hybridized carbons (Fsp3) is 0. The van der Waals surface area contributed by atoms with E-state index in [-0.39, 0.29) is 24.5 Å². The molecule has 0 aromatic heterocycles. The zero-order chi connectivity index (χ0) is 8.72. The second-order valence-corrected chi connectivity index (χ2v) is 1.52. The molecule has 0 aromatic rings. The number of hydrogen-bond acceptors (Lipinski definition) is 2. The van der Waals surface area contributed by atoms with E-state index in [0.29, 0.717) is 5.82 Å². The highest BCUT2D eigenvalue weighted by Crippen LogP contribution is 2.06. The molecular weight excluding hydrogens is 116 g/mol. The zero-order valence-electron chi connectivity index (χ0n) is 7.39. The summed E-state index contributed by atoms with van der Waals surface area (Å²) in [5.74, 6) is 0.300. The quantitative estimate of drug-likeness (QED) is 0.529. The van der Waals surface area contributed by atoms with Gasteiger partial charge in [0.25, 0.3) is 0 Å². The van der Waals surface area contributed by atoms with Gasteiger partial charge in [-0.05, 0) is 0 Å². The van der Waals surface area contributed by atoms with Crippen LogP contribution in [0.2, 0.25) is 0 Å². The molecule has 0 aromatic carbocycles. The van der Waals surface area contributed by atoms with Crippen molar-refractivity contribution in [2.24, 2.45) is 0 Å². The molecular formula is C5H5N4+. The minimum atomic E-state index is -0.145. The highest BCUT2D eigenvalue weighted by molar-refractivity contribution is 5.45. The van der Waals surface area contributed by atoms with Crippen LogP contribution in [0.25, 0.3) is 11.5 Å². The summed E-state index contributed by atoms with van der Waals surface area (Å²) in [5.41, 5.74) is 0.288. The first-order chi connectivity index (χ1) is 5.66. The summed E-state index contributed by atoms with van der Waals surface area (Å²) in [6.45, 7) is 0. The van der Waals surface area contributed by atoms with Gasteiger partial charge in [-0.3, -0.25) is 4.98 Å². The molecule has 0 atom stereocenters. The van der Waals surface area contributed by atoms with Gasteiger partial charge in [-0.15, -0.1) is 0 Å². The first-order valence-electron chi connectivity index (χ1n) is 3.89. The third-order valence-electron chi connectivity index (χ3n) is 0.972. The smallest absolute Gasteiger partial charge is 0.249 e. The monoisotopic (exact) mass is 127 g/mol. The topological polar surface area (TPSA) is 55.7 Å². The molecule has 0 bridgehead atoms. The molecule has 2 N–H and O–H groups in total. The van der Waals surface area contributed by atoms with Crippen molar-refractivity contribution in [3.63, 3.8) is 0 Å². The van der Waals surface area contributed by atoms with Crippen molar-refractivity contribution in [2.45, 2.75) is 0 Å². The van der Waals surface area contributed by atoms with Crippen LogP contribution >= 0.6 is 0 Å². The molecule has 0 fully saturated rings. The molecule has 0 saturated heterocycles. The van der Waals surface area contributed by atoms with Crippen LogP contribution < -0.4 is 4.98 Å². The van der Waals surface area contributed by atoms with Crippen LogP contribution in [0.5, 0.6) is 0 Å². The van der Waals surface area contributed by atoms with Crippen molar-refractivity contribution in [1.29, 1.82) is 0 Å². The molecule has 0 radical (unpaired) electrons. The van der Waals surface area contributed by atoms with E-state index in [9.17, 15) is 0 Å². The second kappa shape index (κ2) is 1.51. The highest BCUT2D eigenvalue weighted by atomic mass is 15.0. The van der Waals surface area contributed by atoms with Gasteiger partial charge < -0.3 is 0 Å². The van der Waals surface area contributed by atoms with Gasteiger partial charge in [0.2, 0.25) is 12.1 Å². The summed E-state index contributed by atoms with van der Waals surface area (Å²) in [7, 11) is 0. The van der Waals surface area contributed by atoms with Crippen LogP contribution in [0.3, 0.4) is 0 Å². The Hall–Kier alpha value is -1.45. The number of rotatable bonds is 0. The molecule has 0 saturated carbocycles. The lowest BCUT2D eigenvalue weighted by atomic mass is 10.4. The molecule has 44 valence electrons. The Kier molecular flexibility index (Phi) is 0.408. The van der Waals surface area contributed by atoms with Crippen molar-refractivity contribution in [2.75, 3.05) is 0 Å². The van der Waals surface area contributed by atoms with E-state index in [1.165, 1.54) is 0 Å². The number of aromatic nitrogens is 4. The molecule has 4 heteroatoms. The molecule has 0 amide bonds. The van der Waals surface area contributed by atoms with E-state index in [4.69, 9.17) is 4.11 Å². The number of nitrogens with zero attached hydrogens (tertiary/aromatic N) is 2. The van der Waals surface area contributed by atoms with Gasteiger partial charge in [-0.25, -0.2) is 9.97 Å². The number of H-pyrrole nitrogens is 2. The van der Waals surface area contributed by atoms with Crippen LogP contribution in [-0.4, -0.2) is 15.0 Å². The standard InChI is InChI=1S/C5H4N4/c1-4-5(8-2-6-1)9-3-7-4/h1-3H,(H,6,7,8,9)/p+1/i1T,2T,3T. The zero-order valence-corrected chi connectivity index (χ0v) is 4.39. The molecule has 4 nitrogen and oxygen atoms in total. The first kappa shape index (κ1) is 2.43. The summed E-state index contributed by atoms with van der Waals surface area (Å²) < 4.78 is 21.6. The van der Waals surface area contributed by atoms with Crippen LogP contribution in [-0.2, 0) is 0 Å². The van der Waals surface area contributed by atoms with Gasteiger partial charge in [-0.1, -0.05) is 0 Å². The van der Waals surface area contributed by atoms with Gasteiger partial charge >= 0.3 is 0 Å². The summed E-state index contributed by atoms with van der Waals surface area (Å²) in [4.78, 5) is 12.3. The molecule has 0 spiro atoms. The Morgan fingerprint density at radius 3 is 3.67 bits per heavy atom. The fourth-order valence-corrected chi connectivity index (χ4v) is 0.586. The maximum absolute atomic E-state index is 7.34. The van der Waals surface area contributed by atoms with Gasteiger partial charge in [-0.2, -0.15) is 4.98 Å². The van der Waals surface area contributed by atoms with E-state index < -0.39 is 0 Å². The maximum Gasteiger partial charge on any atom is 0.249 e. The Morgan fingerprint density at radius 1 is 1.67 bits per heavy atom. The van der Waals surface area contributed by atoms with E-state index in [2.05, 4.69) is 19.9 Å². The van der Waals surface area contributed by atoms with Crippen molar-refractivity contribution in [3.8, 4) is 11.5 Å². The molecule has 2 aliphatic heterocycles. The van der Waals surface area contributed by atoms with Gasteiger partial charge in [0, 0.05) is 0 Å². The molecule has 9 heavy (non-hydrogen) atoms. The van der Waals surface area contributed by atoms with E-state index in [1.807, 2.05) is 0 Å². The predicted octanol–water partition coefficient (Wildman–Crippen LogP) is -0.276.